The second-order valence-corrected chi connectivity index (χ2v) is 6.19. The largest absolute Gasteiger partial charge is 0.497 e. The highest BCUT2D eigenvalue weighted by molar-refractivity contribution is 6.30. The molecule has 7 heteroatoms. The van der Waals surface area contributed by atoms with E-state index in [0.717, 1.165) is 17.7 Å². The molecule has 0 aliphatic heterocycles. The van der Waals surface area contributed by atoms with Crippen molar-refractivity contribution in [1.29, 1.82) is 0 Å². The molecule has 0 unspecified atom stereocenters. The predicted molar refractivity (Wildman–Crippen MR) is 107 cm³/mol. The maximum atomic E-state index is 12.4. The molecule has 0 aliphatic rings. The summed E-state index contributed by atoms with van der Waals surface area (Å²) in [6, 6.07) is 16.4. The normalized spacial score (nSPS) is 10.3. The van der Waals surface area contributed by atoms with Crippen molar-refractivity contribution in [1.82, 2.24) is 9.97 Å². The van der Waals surface area contributed by atoms with E-state index in [2.05, 4.69) is 20.6 Å². The molecule has 2 N–H and O–H groups in total. The van der Waals surface area contributed by atoms with E-state index in [1.54, 1.807) is 43.6 Å². The minimum Gasteiger partial charge on any atom is -0.497 e. The van der Waals surface area contributed by atoms with Crippen molar-refractivity contribution >= 4 is 29.1 Å². The number of nitrogens with zero attached hydrogens (tertiary/aromatic N) is 2. The summed E-state index contributed by atoms with van der Waals surface area (Å²) >= 11 is 5.93. The lowest BCUT2D eigenvalue weighted by Gasteiger charge is -2.08. The zero-order valence-electron chi connectivity index (χ0n) is 14.8. The van der Waals surface area contributed by atoms with Gasteiger partial charge in [-0.25, -0.2) is 9.97 Å². The summed E-state index contributed by atoms with van der Waals surface area (Å²) in [5.74, 6) is 0.899. The van der Waals surface area contributed by atoms with E-state index in [9.17, 15) is 4.79 Å². The number of hydrogen-bond acceptors (Lipinski definition) is 5. The molecule has 0 bridgehead atoms. The first-order valence-electron chi connectivity index (χ1n) is 8.41. The monoisotopic (exact) mass is 382 g/mol. The molecule has 1 heterocycles. The first-order chi connectivity index (χ1) is 13.1. The molecule has 0 radical (unpaired) electrons. The van der Waals surface area contributed by atoms with E-state index in [1.807, 2.05) is 24.3 Å². The van der Waals surface area contributed by atoms with Gasteiger partial charge in [0.05, 0.1) is 7.11 Å². The molecule has 2 aromatic carbocycles. The van der Waals surface area contributed by atoms with Crippen LogP contribution in [0.15, 0.2) is 60.8 Å². The third kappa shape index (κ3) is 5.43. The van der Waals surface area contributed by atoms with Crippen molar-refractivity contribution in [3.05, 3.63) is 77.1 Å². The number of benzene rings is 2. The number of aromatic nitrogens is 2. The van der Waals surface area contributed by atoms with Crippen molar-refractivity contribution in [2.24, 2.45) is 0 Å². The number of halogens is 1. The Morgan fingerprint density at radius 1 is 1.15 bits per heavy atom. The summed E-state index contributed by atoms with van der Waals surface area (Å²) in [4.78, 5) is 20.8. The summed E-state index contributed by atoms with van der Waals surface area (Å²) in [6.07, 6.45) is 2.33. The third-order valence-corrected chi connectivity index (χ3v) is 4.04. The van der Waals surface area contributed by atoms with Crippen LogP contribution in [0.2, 0.25) is 5.02 Å². The van der Waals surface area contributed by atoms with E-state index < -0.39 is 0 Å². The molecule has 0 aliphatic carbocycles. The van der Waals surface area contributed by atoms with E-state index in [-0.39, 0.29) is 11.6 Å². The Kier molecular flexibility index (Phi) is 6.22. The van der Waals surface area contributed by atoms with Gasteiger partial charge < -0.3 is 15.4 Å². The number of methoxy groups -OCH3 is 1. The number of nitrogens with one attached hydrogen (secondary N) is 2. The van der Waals surface area contributed by atoms with Crippen LogP contribution in [0.4, 0.5) is 11.6 Å². The van der Waals surface area contributed by atoms with Gasteiger partial charge >= 0.3 is 0 Å². The molecular formula is C20H19ClN4O2. The molecule has 0 saturated carbocycles. The van der Waals surface area contributed by atoms with Crippen LogP contribution in [0.5, 0.6) is 5.75 Å². The number of hydrogen-bond donors (Lipinski definition) is 2. The molecule has 1 amide bonds. The van der Waals surface area contributed by atoms with E-state index in [0.29, 0.717) is 23.2 Å². The Hall–Kier alpha value is -3.12. The predicted octanol–water partition coefficient (Wildman–Crippen LogP) is 4.05. The van der Waals surface area contributed by atoms with Crippen LogP contribution in [0.1, 0.15) is 16.1 Å². The van der Waals surface area contributed by atoms with Crippen molar-refractivity contribution in [2.45, 2.75) is 6.42 Å². The molecule has 3 rings (SSSR count). The van der Waals surface area contributed by atoms with Crippen molar-refractivity contribution in [2.75, 3.05) is 24.3 Å². The molecule has 3 aromatic rings. The Bertz CT molecular complexity index is 933. The summed E-state index contributed by atoms with van der Waals surface area (Å²) in [7, 11) is 1.64. The van der Waals surface area contributed by atoms with Crippen LogP contribution in [0.3, 0.4) is 0 Å². The lowest BCUT2D eigenvalue weighted by Crippen LogP contribution is -2.16. The van der Waals surface area contributed by atoms with Crippen LogP contribution in [-0.2, 0) is 6.42 Å². The number of anilines is 2. The van der Waals surface area contributed by atoms with Crippen LogP contribution >= 0.6 is 11.6 Å². The first kappa shape index (κ1) is 18.7. The summed E-state index contributed by atoms with van der Waals surface area (Å²) in [6.45, 7) is 0.631. The zero-order chi connectivity index (χ0) is 19.1. The Morgan fingerprint density at radius 3 is 2.81 bits per heavy atom. The average Bonchev–Trinajstić information content (AvgIpc) is 2.68. The average molecular weight is 383 g/mol. The minimum atomic E-state index is -0.324. The highest BCUT2D eigenvalue weighted by Crippen LogP contribution is 2.16. The van der Waals surface area contributed by atoms with Gasteiger partial charge in [0.15, 0.2) is 0 Å². The number of carbonyl (C=O) groups is 1. The minimum absolute atomic E-state index is 0.272. The van der Waals surface area contributed by atoms with Gasteiger partial charge in [-0.1, -0.05) is 29.8 Å². The van der Waals surface area contributed by atoms with E-state index >= 15 is 0 Å². The molecular weight excluding hydrogens is 364 g/mol. The molecule has 138 valence electrons. The highest BCUT2D eigenvalue weighted by atomic mass is 35.5. The van der Waals surface area contributed by atoms with Gasteiger partial charge in [0.1, 0.15) is 11.4 Å². The van der Waals surface area contributed by atoms with Crippen LogP contribution in [0.25, 0.3) is 0 Å². The Balaban J connectivity index is 1.58. The molecule has 1 aromatic heterocycles. The van der Waals surface area contributed by atoms with Crippen LogP contribution < -0.4 is 15.4 Å². The second kappa shape index (κ2) is 9.00. The third-order valence-electron chi connectivity index (χ3n) is 3.80. The molecule has 0 spiro atoms. The van der Waals surface area contributed by atoms with Crippen molar-refractivity contribution in [3.63, 3.8) is 0 Å². The molecule has 6 nitrogen and oxygen atoms in total. The van der Waals surface area contributed by atoms with Crippen molar-refractivity contribution in [3.8, 4) is 5.75 Å². The fourth-order valence-corrected chi connectivity index (χ4v) is 2.67. The molecule has 27 heavy (non-hydrogen) atoms. The fourth-order valence-electron chi connectivity index (χ4n) is 2.48. The van der Waals surface area contributed by atoms with Crippen LogP contribution in [0, 0.1) is 0 Å². The fraction of sp³-hybridized carbons (Fsp3) is 0.150. The number of carbonyl (C=O) groups excluding carboxylic acids is 1. The second-order valence-electron chi connectivity index (χ2n) is 5.76. The summed E-state index contributed by atoms with van der Waals surface area (Å²) < 4.78 is 5.22. The summed E-state index contributed by atoms with van der Waals surface area (Å²) in [5.41, 5.74) is 2.02. The smallest absolute Gasteiger partial charge is 0.274 e. The lowest BCUT2D eigenvalue weighted by molar-refractivity contribution is 0.102. The van der Waals surface area contributed by atoms with Gasteiger partial charge in [0.2, 0.25) is 5.95 Å². The Morgan fingerprint density at radius 2 is 2.00 bits per heavy atom. The Labute approximate surface area is 162 Å². The number of rotatable bonds is 7. The SMILES string of the molecule is COc1cccc(CCNc2nccc(C(=O)Nc3cccc(Cl)c3)n2)c1. The van der Waals surface area contributed by atoms with Crippen LogP contribution in [-0.4, -0.2) is 29.5 Å². The molecule has 0 saturated heterocycles. The number of amides is 1. The molecule has 0 atom stereocenters. The van der Waals surface area contributed by atoms with Gasteiger partial charge in [-0.15, -0.1) is 0 Å². The highest BCUT2D eigenvalue weighted by Gasteiger charge is 2.09. The van der Waals surface area contributed by atoms with Gasteiger partial charge in [0.25, 0.3) is 5.91 Å². The number of ether oxygens (including phenoxy) is 1. The quantitative estimate of drug-likeness (QED) is 0.644. The zero-order valence-corrected chi connectivity index (χ0v) is 15.5. The van der Waals surface area contributed by atoms with E-state index in [4.69, 9.17) is 16.3 Å². The van der Waals surface area contributed by atoms with Gasteiger partial charge in [-0.3, -0.25) is 4.79 Å². The van der Waals surface area contributed by atoms with Gasteiger partial charge in [0, 0.05) is 23.5 Å². The topological polar surface area (TPSA) is 76.1 Å². The van der Waals surface area contributed by atoms with Crippen molar-refractivity contribution < 1.29 is 9.53 Å². The van der Waals surface area contributed by atoms with Gasteiger partial charge in [-0.05, 0) is 48.4 Å². The lowest BCUT2D eigenvalue weighted by atomic mass is 10.1. The standard InChI is InChI=1S/C20H19ClN4O2/c1-27-17-7-2-4-14(12-17)8-10-22-20-23-11-9-18(25-20)19(26)24-16-6-3-5-15(21)13-16/h2-7,9,11-13H,8,10H2,1H3,(H,24,26)(H,22,23,25). The maximum absolute atomic E-state index is 12.4. The van der Waals surface area contributed by atoms with E-state index in [1.165, 1.54) is 0 Å². The first-order valence-corrected chi connectivity index (χ1v) is 8.78. The maximum Gasteiger partial charge on any atom is 0.274 e. The molecule has 0 fully saturated rings. The van der Waals surface area contributed by atoms with Gasteiger partial charge in [-0.2, -0.15) is 0 Å². The summed E-state index contributed by atoms with van der Waals surface area (Å²) in [5, 5.41) is 6.45.